The number of benzene rings is 2. The van der Waals surface area contributed by atoms with Crippen molar-refractivity contribution in [3.63, 3.8) is 0 Å². The fraction of sp³-hybridized carbons (Fsp3) is 0.111. The molecule has 0 aromatic heterocycles. The molecule has 2 aromatic carbocycles. The second-order valence-electron chi connectivity index (χ2n) is 5.18. The van der Waals surface area contributed by atoms with Gasteiger partial charge < -0.3 is 4.74 Å². The molecule has 0 unspecified atom stereocenters. The molecule has 0 spiro atoms. The van der Waals surface area contributed by atoms with Crippen molar-refractivity contribution >= 4 is 23.6 Å². The Morgan fingerprint density at radius 3 is 2.71 bits per heavy atom. The number of ether oxygens (including phenoxy) is 1. The lowest BCUT2D eigenvalue weighted by Gasteiger charge is -2.13. The molecule has 1 aliphatic rings. The van der Waals surface area contributed by atoms with E-state index in [0.717, 1.165) is 12.1 Å². The van der Waals surface area contributed by atoms with Crippen molar-refractivity contribution in [1.29, 1.82) is 0 Å². The summed E-state index contributed by atoms with van der Waals surface area (Å²) in [7, 11) is 0. The van der Waals surface area contributed by atoms with Gasteiger partial charge in [-0.25, -0.2) is 13.6 Å². The fourth-order valence-corrected chi connectivity index (χ4v) is 2.35. The first-order chi connectivity index (χ1) is 11.5. The van der Waals surface area contributed by atoms with E-state index in [0.29, 0.717) is 24.4 Å². The predicted octanol–water partition coefficient (Wildman–Crippen LogP) is 3.82. The summed E-state index contributed by atoms with van der Waals surface area (Å²) in [6, 6.07) is 9.65. The van der Waals surface area contributed by atoms with Crippen LogP contribution < -0.4 is 4.90 Å². The zero-order valence-corrected chi connectivity index (χ0v) is 12.5. The Bertz CT molecular complexity index is 833. The van der Waals surface area contributed by atoms with Crippen LogP contribution in [0.4, 0.5) is 19.3 Å². The number of hydrogen-bond acceptors (Lipinski definition) is 3. The number of amides is 1. The monoisotopic (exact) mass is 329 g/mol. The highest BCUT2D eigenvalue weighted by molar-refractivity contribution is 6.07. The van der Waals surface area contributed by atoms with Crippen molar-refractivity contribution in [2.45, 2.75) is 0 Å². The molecule has 1 saturated heterocycles. The van der Waals surface area contributed by atoms with Gasteiger partial charge in [0.15, 0.2) is 5.78 Å². The first-order valence-electron chi connectivity index (χ1n) is 7.26. The lowest BCUT2D eigenvalue weighted by atomic mass is 10.1. The van der Waals surface area contributed by atoms with Crippen molar-refractivity contribution < 1.29 is 23.1 Å². The fourth-order valence-electron chi connectivity index (χ4n) is 2.35. The van der Waals surface area contributed by atoms with E-state index in [-0.39, 0.29) is 11.3 Å². The molecule has 0 saturated carbocycles. The molecule has 24 heavy (non-hydrogen) atoms. The molecule has 6 heteroatoms. The van der Waals surface area contributed by atoms with Crippen LogP contribution in [0, 0.1) is 11.6 Å². The van der Waals surface area contributed by atoms with E-state index in [2.05, 4.69) is 0 Å². The summed E-state index contributed by atoms with van der Waals surface area (Å²) < 4.78 is 31.3. The van der Waals surface area contributed by atoms with E-state index in [1.807, 2.05) is 0 Å². The Balaban J connectivity index is 1.80. The third-order valence-electron chi connectivity index (χ3n) is 3.58. The van der Waals surface area contributed by atoms with Gasteiger partial charge in [0.05, 0.1) is 6.54 Å². The second-order valence-corrected chi connectivity index (χ2v) is 5.18. The van der Waals surface area contributed by atoms with E-state index >= 15 is 0 Å². The zero-order valence-electron chi connectivity index (χ0n) is 12.5. The molecular formula is C18H13F2NO3. The maximum atomic E-state index is 13.6. The minimum atomic E-state index is -0.743. The molecule has 3 rings (SSSR count). The number of halogens is 2. The van der Waals surface area contributed by atoms with Crippen LogP contribution >= 0.6 is 0 Å². The molecule has 0 radical (unpaired) electrons. The van der Waals surface area contributed by atoms with Gasteiger partial charge in [-0.05, 0) is 36.4 Å². The third-order valence-corrected chi connectivity index (χ3v) is 3.58. The van der Waals surface area contributed by atoms with E-state index in [1.54, 1.807) is 24.3 Å². The molecule has 122 valence electrons. The summed E-state index contributed by atoms with van der Waals surface area (Å²) in [5.74, 6) is -1.78. The van der Waals surface area contributed by atoms with Crippen molar-refractivity contribution in [3.8, 4) is 0 Å². The highest BCUT2D eigenvalue weighted by Gasteiger charge is 2.23. The molecule has 0 N–H and O–H groups in total. The van der Waals surface area contributed by atoms with Crippen LogP contribution in [0.3, 0.4) is 0 Å². The van der Waals surface area contributed by atoms with Crippen LogP contribution in [0.5, 0.6) is 0 Å². The Hall–Kier alpha value is -3.02. The second kappa shape index (κ2) is 6.62. The number of cyclic esters (lactones) is 1. The Labute approximate surface area is 137 Å². The topological polar surface area (TPSA) is 46.6 Å². The van der Waals surface area contributed by atoms with Gasteiger partial charge in [-0.15, -0.1) is 0 Å². The number of hydrogen-bond donors (Lipinski definition) is 0. The Kier molecular flexibility index (Phi) is 4.37. The quantitative estimate of drug-likeness (QED) is 0.633. The molecule has 1 amide bonds. The maximum absolute atomic E-state index is 13.6. The number of carbonyl (C=O) groups is 2. The number of ketones is 1. The van der Waals surface area contributed by atoms with Crippen molar-refractivity contribution in [1.82, 2.24) is 0 Å². The van der Waals surface area contributed by atoms with Gasteiger partial charge in [0.1, 0.15) is 18.2 Å². The summed E-state index contributed by atoms with van der Waals surface area (Å²) in [6.45, 7) is 0.730. The van der Waals surface area contributed by atoms with Crippen molar-refractivity contribution in [2.24, 2.45) is 0 Å². The van der Waals surface area contributed by atoms with Gasteiger partial charge in [0.25, 0.3) is 0 Å². The van der Waals surface area contributed by atoms with E-state index < -0.39 is 17.7 Å². The highest BCUT2D eigenvalue weighted by atomic mass is 19.1. The number of carbonyl (C=O) groups excluding carboxylic acids is 2. The summed E-state index contributed by atoms with van der Waals surface area (Å²) in [5, 5.41) is 0. The SMILES string of the molecule is O=C(C=Cc1ccc(F)cc1F)c1cccc(N2CCOC2=O)c1. The third kappa shape index (κ3) is 3.32. The molecule has 4 nitrogen and oxygen atoms in total. The van der Waals surface area contributed by atoms with Crippen molar-refractivity contribution in [2.75, 3.05) is 18.1 Å². The molecule has 1 heterocycles. The minimum absolute atomic E-state index is 0.115. The van der Waals surface area contributed by atoms with Crippen molar-refractivity contribution in [3.05, 3.63) is 71.3 Å². The molecule has 0 aliphatic carbocycles. The van der Waals surface area contributed by atoms with Gasteiger partial charge in [0, 0.05) is 22.9 Å². The lowest BCUT2D eigenvalue weighted by Crippen LogP contribution is -2.23. The number of nitrogens with zero attached hydrogens (tertiary/aromatic N) is 1. The summed E-state index contributed by atoms with van der Waals surface area (Å²) >= 11 is 0. The smallest absolute Gasteiger partial charge is 0.414 e. The maximum Gasteiger partial charge on any atom is 0.414 e. The average Bonchev–Trinajstić information content (AvgIpc) is 3.00. The number of rotatable bonds is 4. The van der Waals surface area contributed by atoms with Gasteiger partial charge >= 0.3 is 6.09 Å². The van der Waals surface area contributed by atoms with E-state index in [4.69, 9.17) is 4.74 Å². The average molecular weight is 329 g/mol. The molecule has 0 bridgehead atoms. The normalized spacial score (nSPS) is 14.2. The number of anilines is 1. The zero-order chi connectivity index (χ0) is 17.1. The standard InChI is InChI=1S/C18H13F2NO3/c19-14-6-4-12(16(20)11-14)5-7-17(22)13-2-1-3-15(10-13)21-8-9-24-18(21)23/h1-7,10-11H,8-9H2. The minimum Gasteiger partial charge on any atom is -0.447 e. The van der Waals surface area contributed by atoms with E-state index in [1.165, 1.54) is 23.1 Å². The first-order valence-corrected chi connectivity index (χ1v) is 7.26. The van der Waals surface area contributed by atoms with Gasteiger partial charge in [0.2, 0.25) is 0 Å². The Morgan fingerprint density at radius 1 is 1.17 bits per heavy atom. The molecule has 2 aromatic rings. The van der Waals surface area contributed by atoms with Crippen LogP contribution in [0.2, 0.25) is 0 Å². The van der Waals surface area contributed by atoms with Crippen LogP contribution in [0.25, 0.3) is 6.08 Å². The largest absolute Gasteiger partial charge is 0.447 e. The van der Waals surface area contributed by atoms with Gasteiger partial charge in [-0.1, -0.05) is 12.1 Å². The predicted molar refractivity (Wildman–Crippen MR) is 84.9 cm³/mol. The van der Waals surface area contributed by atoms with Crippen LogP contribution in [0.1, 0.15) is 15.9 Å². The lowest BCUT2D eigenvalue weighted by molar-refractivity contribution is 0.104. The summed E-state index contributed by atoms with van der Waals surface area (Å²) in [4.78, 5) is 25.2. The molecule has 1 fully saturated rings. The summed E-state index contributed by atoms with van der Waals surface area (Å²) in [5.41, 5.74) is 1.03. The summed E-state index contributed by atoms with van der Waals surface area (Å²) in [6.07, 6.45) is 2.04. The van der Waals surface area contributed by atoms with Crippen LogP contribution in [-0.4, -0.2) is 25.0 Å². The molecular weight excluding hydrogens is 316 g/mol. The van der Waals surface area contributed by atoms with E-state index in [9.17, 15) is 18.4 Å². The Morgan fingerprint density at radius 2 is 2.00 bits per heavy atom. The van der Waals surface area contributed by atoms with Crippen LogP contribution in [0.15, 0.2) is 48.5 Å². The van der Waals surface area contributed by atoms with Gasteiger partial charge in [-0.2, -0.15) is 0 Å². The first kappa shape index (κ1) is 15.9. The molecule has 1 aliphatic heterocycles. The number of allylic oxidation sites excluding steroid dienone is 1. The van der Waals surface area contributed by atoms with Crippen LogP contribution in [-0.2, 0) is 4.74 Å². The molecule has 0 atom stereocenters. The van der Waals surface area contributed by atoms with Gasteiger partial charge in [-0.3, -0.25) is 9.69 Å². The highest BCUT2D eigenvalue weighted by Crippen LogP contribution is 2.21.